The lowest BCUT2D eigenvalue weighted by atomic mass is 10.2. The molecule has 9 heteroatoms. The SMILES string of the molecule is COCCCNC(=O)c1cnn(-c2ccc(Cl)cc2)c1C(F)(F)F. The van der Waals surface area contributed by atoms with Crippen LogP contribution in [0.15, 0.2) is 30.5 Å². The van der Waals surface area contributed by atoms with Gasteiger partial charge in [-0.3, -0.25) is 4.79 Å². The van der Waals surface area contributed by atoms with Gasteiger partial charge < -0.3 is 10.1 Å². The number of hydrogen-bond donors (Lipinski definition) is 1. The molecule has 1 aromatic heterocycles. The Kier molecular flexibility index (Phi) is 5.84. The number of carbonyl (C=O) groups is 1. The van der Waals surface area contributed by atoms with Gasteiger partial charge in [0.2, 0.25) is 0 Å². The molecule has 0 bridgehead atoms. The number of carbonyl (C=O) groups excluding carboxylic acids is 1. The molecule has 1 aromatic carbocycles. The topological polar surface area (TPSA) is 56.1 Å². The summed E-state index contributed by atoms with van der Waals surface area (Å²) < 4.78 is 45.8. The smallest absolute Gasteiger partial charge is 0.385 e. The molecule has 0 radical (unpaired) electrons. The molecule has 0 unspecified atom stereocenters. The number of alkyl halides is 3. The Balaban J connectivity index is 2.33. The molecule has 0 aliphatic heterocycles. The number of benzene rings is 1. The Morgan fingerprint density at radius 3 is 2.58 bits per heavy atom. The fourth-order valence-electron chi connectivity index (χ4n) is 2.08. The number of hydrogen-bond acceptors (Lipinski definition) is 3. The average Bonchev–Trinajstić information content (AvgIpc) is 2.97. The minimum atomic E-state index is -4.74. The number of ether oxygens (including phenoxy) is 1. The average molecular weight is 362 g/mol. The Hall–Kier alpha value is -2.06. The Morgan fingerprint density at radius 1 is 1.33 bits per heavy atom. The molecule has 0 aliphatic rings. The zero-order chi connectivity index (χ0) is 17.7. The quantitative estimate of drug-likeness (QED) is 0.803. The van der Waals surface area contributed by atoms with Crippen LogP contribution >= 0.6 is 11.6 Å². The van der Waals surface area contributed by atoms with Crippen LogP contribution in [0.3, 0.4) is 0 Å². The van der Waals surface area contributed by atoms with E-state index in [9.17, 15) is 18.0 Å². The summed E-state index contributed by atoms with van der Waals surface area (Å²) in [6.07, 6.45) is -3.34. The maximum Gasteiger partial charge on any atom is 0.434 e. The maximum atomic E-state index is 13.4. The Morgan fingerprint density at radius 2 is 2.00 bits per heavy atom. The number of aromatic nitrogens is 2. The third kappa shape index (κ3) is 4.27. The summed E-state index contributed by atoms with van der Waals surface area (Å²) in [6, 6.07) is 5.68. The second kappa shape index (κ2) is 7.67. The van der Waals surface area contributed by atoms with E-state index in [4.69, 9.17) is 16.3 Å². The summed E-state index contributed by atoms with van der Waals surface area (Å²) in [4.78, 5) is 12.0. The summed E-state index contributed by atoms with van der Waals surface area (Å²) in [7, 11) is 1.50. The van der Waals surface area contributed by atoms with E-state index in [0.29, 0.717) is 22.7 Å². The third-order valence-corrected chi connectivity index (χ3v) is 3.42. The fourth-order valence-corrected chi connectivity index (χ4v) is 2.21. The van der Waals surface area contributed by atoms with E-state index in [2.05, 4.69) is 10.4 Å². The third-order valence-electron chi connectivity index (χ3n) is 3.16. The minimum absolute atomic E-state index is 0.158. The molecule has 2 rings (SSSR count). The molecule has 1 N–H and O–H groups in total. The molecule has 2 aromatic rings. The maximum absolute atomic E-state index is 13.4. The van der Waals surface area contributed by atoms with Crippen molar-refractivity contribution in [1.29, 1.82) is 0 Å². The molecule has 0 spiro atoms. The number of halogens is 4. The summed E-state index contributed by atoms with van der Waals surface area (Å²) in [5.74, 6) is -0.835. The van der Waals surface area contributed by atoms with Gasteiger partial charge in [0, 0.05) is 25.3 Å². The first kappa shape index (κ1) is 18.3. The van der Waals surface area contributed by atoms with Crippen molar-refractivity contribution in [3.8, 4) is 5.69 Å². The van der Waals surface area contributed by atoms with Crippen molar-refractivity contribution in [2.75, 3.05) is 20.3 Å². The molecule has 0 aliphatic carbocycles. The second-order valence-corrected chi connectivity index (χ2v) is 5.33. The van der Waals surface area contributed by atoms with Crippen LogP contribution in [-0.4, -0.2) is 35.9 Å². The molecule has 0 saturated carbocycles. The van der Waals surface area contributed by atoms with Crippen LogP contribution in [0.25, 0.3) is 5.69 Å². The number of nitrogens with one attached hydrogen (secondary N) is 1. The zero-order valence-corrected chi connectivity index (χ0v) is 13.5. The van der Waals surface area contributed by atoms with Crippen LogP contribution in [0.5, 0.6) is 0 Å². The molecule has 0 saturated heterocycles. The van der Waals surface area contributed by atoms with Crippen molar-refractivity contribution in [3.05, 3.63) is 46.7 Å². The van der Waals surface area contributed by atoms with E-state index < -0.39 is 23.3 Å². The summed E-state index contributed by atoms with van der Waals surface area (Å²) in [5.41, 5.74) is -1.51. The van der Waals surface area contributed by atoms with Crippen LogP contribution < -0.4 is 5.32 Å². The second-order valence-electron chi connectivity index (χ2n) is 4.90. The van der Waals surface area contributed by atoms with Crippen molar-refractivity contribution < 1.29 is 22.7 Å². The molecule has 24 heavy (non-hydrogen) atoms. The van der Waals surface area contributed by atoms with Gasteiger partial charge in [-0.15, -0.1) is 0 Å². The van der Waals surface area contributed by atoms with Gasteiger partial charge in [0.1, 0.15) is 0 Å². The minimum Gasteiger partial charge on any atom is -0.385 e. The first-order valence-electron chi connectivity index (χ1n) is 7.03. The van der Waals surface area contributed by atoms with E-state index in [1.807, 2.05) is 0 Å². The van der Waals surface area contributed by atoms with Gasteiger partial charge in [-0.1, -0.05) is 11.6 Å². The molecule has 1 amide bonds. The highest BCUT2D eigenvalue weighted by molar-refractivity contribution is 6.30. The first-order valence-corrected chi connectivity index (χ1v) is 7.40. The van der Waals surface area contributed by atoms with E-state index in [-0.39, 0.29) is 12.2 Å². The number of nitrogens with zero attached hydrogens (tertiary/aromatic N) is 2. The van der Waals surface area contributed by atoms with Crippen molar-refractivity contribution in [1.82, 2.24) is 15.1 Å². The Bertz CT molecular complexity index is 699. The van der Waals surface area contributed by atoms with Gasteiger partial charge in [-0.25, -0.2) is 4.68 Å². The van der Waals surface area contributed by atoms with Crippen LogP contribution in [-0.2, 0) is 10.9 Å². The molecule has 1 heterocycles. The van der Waals surface area contributed by atoms with Crippen LogP contribution in [0.1, 0.15) is 22.5 Å². The van der Waals surface area contributed by atoms with Crippen molar-refractivity contribution in [3.63, 3.8) is 0 Å². The monoisotopic (exact) mass is 361 g/mol. The van der Waals surface area contributed by atoms with E-state index in [1.54, 1.807) is 0 Å². The van der Waals surface area contributed by atoms with Gasteiger partial charge in [-0.2, -0.15) is 18.3 Å². The highest BCUT2D eigenvalue weighted by atomic mass is 35.5. The lowest BCUT2D eigenvalue weighted by molar-refractivity contribution is -0.143. The van der Waals surface area contributed by atoms with E-state index in [0.717, 1.165) is 6.20 Å². The molecule has 130 valence electrons. The number of methoxy groups -OCH3 is 1. The van der Waals surface area contributed by atoms with Gasteiger partial charge in [0.15, 0.2) is 5.69 Å². The van der Waals surface area contributed by atoms with Gasteiger partial charge >= 0.3 is 6.18 Å². The molecule has 0 fully saturated rings. The highest BCUT2D eigenvalue weighted by Gasteiger charge is 2.40. The van der Waals surface area contributed by atoms with Crippen LogP contribution in [0.2, 0.25) is 5.02 Å². The summed E-state index contributed by atoms with van der Waals surface area (Å²) >= 11 is 5.74. The van der Waals surface area contributed by atoms with Crippen LogP contribution in [0.4, 0.5) is 13.2 Å². The normalized spacial score (nSPS) is 11.5. The number of amides is 1. The highest BCUT2D eigenvalue weighted by Crippen LogP contribution is 2.33. The molecule has 5 nitrogen and oxygen atoms in total. The predicted molar refractivity (Wildman–Crippen MR) is 82.4 cm³/mol. The van der Waals surface area contributed by atoms with Crippen molar-refractivity contribution >= 4 is 17.5 Å². The molecular formula is C15H15ClF3N3O2. The largest absolute Gasteiger partial charge is 0.434 e. The Labute approximate surface area is 141 Å². The van der Waals surface area contributed by atoms with Gasteiger partial charge in [-0.05, 0) is 30.7 Å². The summed E-state index contributed by atoms with van der Waals surface area (Å²) in [6.45, 7) is 0.604. The molecule has 0 atom stereocenters. The van der Waals surface area contributed by atoms with Gasteiger partial charge in [0.25, 0.3) is 5.91 Å². The lowest BCUT2D eigenvalue weighted by Gasteiger charge is -2.13. The fraction of sp³-hybridized carbons (Fsp3) is 0.333. The zero-order valence-electron chi connectivity index (χ0n) is 12.7. The van der Waals surface area contributed by atoms with E-state index in [1.165, 1.54) is 31.4 Å². The molecular weight excluding hydrogens is 347 g/mol. The number of rotatable bonds is 6. The van der Waals surface area contributed by atoms with Crippen LogP contribution in [0, 0.1) is 0 Å². The first-order chi connectivity index (χ1) is 11.3. The lowest BCUT2D eigenvalue weighted by Crippen LogP contribution is -2.28. The summed E-state index contributed by atoms with van der Waals surface area (Å²) in [5, 5.41) is 6.53. The predicted octanol–water partition coefficient (Wildman–Crippen LogP) is 3.31. The van der Waals surface area contributed by atoms with E-state index >= 15 is 0 Å². The standard InChI is InChI=1S/C15H15ClF3N3O2/c1-24-8-2-7-20-14(23)12-9-21-22(13(12)15(17,18)19)11-5-3-10(16)4-6-11/h3-6,9H,2,7-8H2,1H3,(H,20,23). The van der Waals surface area contributed by atoms with Crippen molar-refractivity contribution in [2.24, 2.45) is 0 Å². The van der Waals surface area contributed by atoms with Crippen molar-refractivity contribution in [2.45, 2.75) is 12.6 Å². The van der Waals surface area contributed by atoms with Gasteiger partial charge in [0.05, 0.1) is 17.4 Å².